The Hall–Kier alpha value is -4.13. The lowest BCUT2D eigenvalue weighted by Gasteiger charge is -2.05. The van der Waals surface area contributed by atoms with Crippen LogP contribution in [0, 0.1) is 5.82 Å². The third-order valence-electron chi connectivity index (χ3n) is 4.68. The van der Waals surface area contributed by atoms with E-state index in [1.165, 1.54) is 6.07 Å². The smallest absolute Gasteiger partial charge is 0.242 e. The molecule has 3 aromatic heterocycles. The van der Waals surface area contributed by atoms with E-state index in [-0.39, 0.29) is 6.61 Å². The molecule has 0 spiro atoms. The predicted molar refractivity (Wildman–Crippen MR) is 110 cm³/mol. The number of fused-ring (bicyclic) bond motifs is 1. The van der Waals surface area contributed by atoms with Gasteiger partial charge in [0.25, 0.3) is 0 Å². The molecule has 146 valence electrons. The number of nitrogens with zero attached hydrogens (tertiary/aromatic N) is 5. The predicted octanol–water partition coefficient (Wildman–Crippen LogP) is 4.57. The van der Waals surface area contributed by atoms with E-state index in [0.717, 1.165) is 16.8 Å². The third-order valence-corrected chi connectivity index (χ3v) is 4.68. The van der Waals surface area contributed by atoms with E-state index in [2.05, 4.69) is 20.3 Å². The Balaban J connectivity index is 1.68. The largest absolute Gasteiger partial charge is 0.470 e. The SMILES string of the molecule is Fc1ccccc1-c1nncc2c(-c3ccccc3)c(OCc3ccccn3)nn12. The molecule has 0 N–H and O–H groups in total. The van der Waals surface area contributed by atoms with Crippen LogP contribution in [0.1, 0.15) is 5.69 Å². The average molecular weight is 397 g/mol. The maximum atomic E-state index is 14.5. The Kier molecular flexibility index (Phi) is 4.61. The van der Waals surface area contributed by atoms with Crippen LogP contribution in [0.2, 0.25) is 0 Å². The first kappa shape index (κ1) is 17.9. The molecule has 30 heavy (non-hydrogen) atoms. The molecule has 2 aromatic carbocycles. The number of aromatic nitrogens is 5. The van der Waals surface area contributed by atoms with Gasteiger partial charge in [-0.3, -0.25) is 4.98 Å². The minimum atomic E-state index is -0.396. The second kappa shape index (κ2) is 7.71. The van der Waals surface area contributed by atoms with Crippen LogP contribution in [0.3, 0.4) is 0 Å². The highest BCUT2D eigenvalue weighted by Gasteiger charge is 2.21. The molecule has 5 aromatic rings. The van der Waals surface area contributed by atoms with E-state index in [1.807, 2.05) is 48.5 Å². The van der Waals surface area contributed by atoms with Gasteiger partial charge in [0.2, 0.25) is 5.88 Å². The first-order valence-corrected chi connectivity index (χ1v) is 9.39. The normalized spacial score (nSPS) is 11.0. The zero-order chi connectivity index (χ0) is 20.3. The summed E-state index contributed by atoms with van der Waals surface area (Å²) in [6, 6.07) is 21.8. The quantitative estimate of drug-likeness (QED) is 0.435. The van der Waals surface area contributed by atoms with Gasteiger partial charge in [-0.25, -0.2) is 8.91 Å². The highest BCUT2D eigenvalue weighted by Crippen LogP contribution is 2.35. The zero-order valence-electron chi connectivity index (χ0n) is 15.8. The highest BCUT2D eigenvalue weighted by atomic mass is 19.1. The third kappa shape index (κ3) is 3.26. The Labute approximate surface area is 171 Å². The molecule has 7 heteroatoms. The summed E-state index contributed by atoms with van der Waals surface area (Å²) in [5.41, 5.74) is 3.44. The van der Waals surface area contributed by atoms with Crippen LogP contribution in [0.15, 0.2) is 85.2 Å². The van der Waals surface area contributed by atoms with Gasteiger partial charge >= 0.3 is 0 Å². The number of pyridine rings is 1. The highest BCUT2D eigenvalue weighted by molar-refractivity contribution is 5.85. The van der Waals surface area contributed by atoms with Crippen molar-refractivity contribution in [3.63, 3.8) is 0 Å². The monoisotopic (exact) mass is 397 g/mol. The molecule has 0 amide bonds. The van der Waals surface area contributed by atoms with E-state index in [9.17, 15) is 4.39 Å². The van der Waals surface area contributed by atoms with Gasteiger partial charge in [0.1, 0.15) is 17.9 Å². The lowest BCUT2D eigenvalue weighted by atomic mass is 10.1. The zero-order valence-corrected chi connectivity index (χ0v) is 15.8. The second-order valence-corrected chi connectivity index (χ2v) is 6.60. The number of rotatable bonds is 5. The fourth-order valence-electron chi connectivity index (χ4n) is 3.28. The molecule has 0 unspecified atom stereocenters. The minimum Gasteiger partial charge on any atom is -0.470 e. The van der Waals surface area contributed by atoms with Gasteiger partial charge in [-0.1, -0.05) is 48.5 Å². The Morgan fingerprint density at radius 2 is 1.70 bits per heavy atom. The standard InChI is InChI=1S/C23H16FN5O/c24-19-12-5-4-11-18(19)22-27-26-14-20-21(16-8-2-1-3-9-16)23(28-29(20)22)30-15-17-10-6-7-13-25-17/h1-14H,15H2. The fourth-order valence-corrected chi connectivity index (χ4v) is 3.28. The van der Waals surface area contributed by atoms with Crippen LogP contribution in [-0.4, -0.2) is 24.8 Å². The van der Waals surface area contributed by atoms with Crippen LogP contribution in [-0.2, 0) is 6.61 Å². The summed E-state index contributed by atoms with van der Waals surface area (Å²) in [5, 5.41) is 12.9. The Morgan fingerprint density at radius 3 is 2.50 bits per heavy atom. The van der Waals surface area contributed by atoms with Gasteiger partial charge in [-0.15, -0.1) is 10.2 Å². The van der Waals surface area contributed by atoms with E-state index in [4.69, 9.17) is 4.74 Å². The van der Waals surface area contributed by atoms with Crippen LogP contribution in [0.4, 0.5) is 4.39 Å². The lowest BCUT2D eigenvalue weighted by Crippen LogP contribution is -2.02. The minimum absolute atomic E-state index is 0.250. The van der Waals surface area contributed by atoms with Crippen LogP contribution >= 0.6 is 0 Å². The van der Waals surface area contributed by atoms with Crippen molar-refractivity contribution < 1.29 is 9.13 Å². The first-order valence-electron chi connectivity index (χ1n) is 9.39. The number of hydrogen-bond donors (Lipinski definition) is 0. The van der Waals surface area contributed by atoms with Gasteiger partial charge < -0.3 is 4.74 Å². The van der Waals surface area contributed by atoms with Crippen molar-refractivity contribution in [2.45, 2.75) is 6.61 Å². The summed E-state index contributed by atoms with van der Waals surface area (Å²) < 4.78 is 22.1. The molecule has 0 saturated carbocycles. The Morgan fingerprint density at radius 1 is 0.900 bits per heavy atom. The van der Waals surface area contributed by atoms with E-state index < -0.39 is 5.82 Å². The molecule has 3 heterocycles. The van der Waals surface area contributed by atoms with Gasteiger partial charge in [0.05, 0.1) is 23.0 Å². The molecule has 5 rings (SSSR count). The van der Waals surface area contributed by atoms with Crippen molar-refractivity contribution in [3.8, 4) is 28.4 Å². The molecule has 0 aliphatic rings. The fraction of sp³-hybridized carbons (Fsp3) is 0.0435. The van der Waals surface area contributed by atoms with E-state index in [1.54, 1.807) is 35.1 Å². The maximum absolute atomic E-state index is 14.5. The topological polar surface area (TPSA) is 65.2 Å². The molecule has 0 atom stereocenters. The van der Waals surface area contributed by atoms with Crippen LogP contribution < -0.4 is 4.74 Å². The summed E-state index contributed by atoms with van der Waals surface area (Å²) in [4.78, 5) is 4.29. The number of benzene rings is 2. The molecule has 0 radical (unpaired) electrons. The molecule has 0 saturated heterocycles. The molecule has 6 nitrogen and oxygen atoms in total. The molecule has 0 aliphatic carbocycles. The summed E-state index contributed by atoms with van der Waals surface area (Å²) in [6.07, 6.45) is 3.32. The van der Waals surface area contributed by atoms with Gasteiger partial charge in [0, 0.05) is 6.20 Å². The van der Waals surface area contributed by atoms with Gasteiger partial charge in [-0.05, 0) is 29.8 Å². The molecular weight excluding hydrogens is 381 g/mol. The Bertz CT molecular complexity index is 1310. The molecule has 0 bridgehead atoms. The van der Waals surface area contributed by atoms with Crippen molar-refractivity contribution in [1.29, 1.82) is 0 Å². The van der Waals surface area contributed by atoms with Crippen LogP contribution in [0.25, 0.3) is 28.0 Å². The number of halogens is 1. The lowest BCUT2D eigenvalue weighted by molar-refractivity contribution is 0.289. The van der Waals surface area contributed by atoms with Crippen LogP contribution in [0.5, 0.6) is 5.88 Å². The summed E-state index contributed by atoms with van der Waals surface area (Å²) >= 11 is 0. The summed E-state index contributed by atoms with van der Waals surface area (Å²) in [5.74, 6) is 0.307. The first-order chi connectivity index (χ1) is 14.8. The van der Waals surface area contributed by atoms with Crippen molar-refractivity contribution in [1.82, 2.24) is 24.8 Å². The summed E-state index contributed by atoms with van der Waals surface area (Å²) in [6.45, 7) is 0.250. The number of hydrogen-bond acceptors (Lipinski definition) is 5. The molecule has 0 fully saturated rings. The molecule has 0 aliphatic heterocycles. The van der Waals surface area contributed by atoms with Gasteiger partial charge in [0.15, 0.2) is 5.82 Å². The van der Waals surface area contributed by atoms with E-state index >= 15 is 0 Å². The van der Waals surface area contributed by atoms with Gasteiger partial charge in [-0.2, -0.15) is 5.10 Å². The maximum Gasteiger partial charge on any atom is 0.242 e. The van der Waals surface area contributed by atoms with Crippen molar-refractivity contribution in [2.75, 3.05) is 0 Å². The van der Waals surface area contributed by atoms with Crippen molar-refractivity contribution in [2.24, 2.45) is 0 Å². The average Bonchev–Trinajstić information content (AvgIpc) is 3.18. The molecular formula is C23H16FN5O. The van der Waals surface area contributed by atoms with Crippen molar-refractivity contribution >= 4 is 5.52 Å². The number of ether oxygens (including phenoxy) is 1. The van der Waals surface area contributed by atoms with E-state index in [0.29, 0.717) is 22.8 Å². The summed E-state index contributed by atoms with van der Waals surface area (Å²) in [7, 11) is 0. The van der Waals surface area contributed by atoms with Crippen molar-refractivity contribution in [3.05, 3.63) is 96.7 Å². The second-order valence-electron chi connectivity index (χ2n) is 6.60.